The number of hydrogen-bond donors (Lipinski definition) is 2. The van der Waals surface area contributed by atoms with Gasteiger partial charge >= 0.3 is 11.9 Å². The van der Waals surface area contributed by atoms with E-state index in [2.05, 4.69) is 52.0 Å². The van der Waals surface area contributed by atoms with Crippen molar-refractivity contribution in [1.29, 1.82) is 0 Å². The summed E-state index contributed by atoms with van der Waals surface area (Å²) in [5, 5.41) is 17.0. The Bertz CT molecular complexity index is 653. The second-order valence-corrected chi connectivity index (χ2v) is 15.3. The first-order valence-corrected chi connectivity index (χ1v) is 23.2. The van der Waals surface area contributed by atoms with Gasteiger partial charge in [-0.05, 0) is 64.2 Å². The van der Waals surface area contributed by atoms with Crippen molar-refractivity contribution in [1.82, 2.24) is 0 Å². The van der Waals surface area contributed by atoms with Gasteiger partial charge < -0.3 is 10.2 Å². The van der Waals surface area contributed by atoms with Crippen molar-refractivity contribution in [3.8, 4) is 0 Å². The van der Waals surface area contributed by atoms with Crippen LogP contribution in [0.4, 0.5) is 0 Å². The van der Waals surface area contributed by atoms with Crippen LogP contribution in [0, 0.1) is 0 Å². The Hall–Kier alpha value is -1.58. The van der Waals surface area contributed by atoms with Crippen LogP contribution in [0.2, 0.25) is 0 Å². The van der Waals surface area contributed by atoms with Crippen molar-refractivity contribution in [3.63, 3.8) is 0 Å². The minimum Gasteiger partial charge on any atom is -0.481 e. The monoisotopic (exact) mass is 735 g/mol. The highest BCUT2D eigenvalue weighted by atomic mass is 16.4. The molecule has 0 bridgehead atoms. The van der Waals surface area contributed by atoms with E-state index in [1.54, 1.807) is 0 Å². The van der Waals surface area contributed by atoms with Gasteiger partial charge in [-0.25, -0.2) is 0 Å². The maximum absolute atomic E-state index is 10.3. The van der Waals surface area contributed by atoms with E-state index in [1.807, 2.05) is 0 Å². The molecular weight excluding hydrogens is 641 g/mol. The SMILES string of the molecule is CCCCCCCC/C=C\CCCCCCCC(=O)O.CCCCCCCC/C=C\CCCCCCCC(=O)O.CCCCCCCCCCCC. The largest absolute Gasteiger partial charge is 0.481 e. The van der Waals surface area contributed by atoms with Gasteiger partial charge in [0.1, 0.15) is 0 Å². The zero-order chi connectivity index (χ0) is 38.9. The van der Waals surface area contributed by atoms with Crippen molar-refractivity contribution < 1.29 is 19.8 Å². The van der Waals surface area contributed by atoms with Gasteiger partial charge in [0.25, 0.3) is 0 Å². The Morgan fingerprint density at radius 2 is 0.462 bits per heavy atom. The Morgan fingerprint density at radius 1 is 0.288 bits per heavy atom. The predicted octanol–water partition coefficient (Wildman–Crippen LogP) is 17.1. The van der Waals surface area contributed by atoms with Gasteiger partial charge in [-0.15, -0.1) is 0 Å². The Balaban J connectivity index is -0.000000717. The lowest BCUT2D eigenvalue weighted by atomic mass is 10.1. The van der Waals surface area contributed by atoms with E-state index in [0.717, 1.165) is 25.7 Å². The van der Waals surface area contributed by atoms with Crippen LogP contribution < -0.4 is 0 Å². The van der Waals surface area contributed by atoms with Crippen molar-refractivity contribution in [2.75, 3.05) is 0 Å². The number of carboxylic acids is 2. The number of rotatable bonds is 39. The molecule has 0 rings (SSSR count). The molecule has 0 radical (unpaired) electrons. The maximum Gasteiger partial charge on any atom is 0.303 e. The second-order valence-electron chi connectivity index (χ2n) is 15.3. The Morgan fingerprint density at radius 3 is 0.654 bits per heavy atom. The molecule has 0 aliphatic rings. The number of unbranched alkanes of at least 4 members (excludes halogenated alkanes) is 31. The minimum absolute atomic E-state index is 0.332. The third-order valence-corrected chi connectivity index (χ3v) is 9.76. The van der Waals surface area contributed by atoms with Gasteiger partial charge in [0.15, 0.2) is 0 Å². The van der Waals surface area contributed by atoms with E-state index in [9.17, 15) is 9.59 Å². The molecule has 4 heteroatoms. The van der Waals surface area contributed by atoms with Crippen LogP contribution in [0.25, 0.3) is 0 Å². The van der Waals surface area contributed by atoms with Gasteiger partial charge in [0.05, 0.1) is 0 Å². The fourth-order valence-corrected chi connectivity index (χ4v) is 6.25. The smallest absolute Gasteiger partial charge is 0.303 e. The summed E-state index contributed by atoms with van der Waals surface area (Å²) in [5.74, 6) is -1.33. The summed E-state index contributed by atoms with van der Waals surface area (Å²) in [6, 6.07) is 0. The lowest BCUT2D eigenvalue weighted by molar-refractivity contribution is -0.138. The van der Waals surface area contributed by atoms with Crippen LogP contribution in [-0.2, 0) is 9.59 Å². The van der Waals surface area contributed by atoms with Gasteiger partial charge in [0.2, 0.25) is 0 Å². The summed E-state index contributed by atoms with van der Waals surface area (Å²) in [5.41, 5.74) is 0. The molecule has 0 saturated heterocycles. The first kappa shape index (κ1) is 54.8. The van der Waals surface area contributed by atoms with Crippen LogP contribution >= 0.6 is 0 Å². The van der Waals surface area contributed by atoms with Crippen molar-refractivity contribution in [2.45, 2.75) is 272 Å². The van der Waals surface area contributed by atoms with Gasteiger partial charge in [-0.3, -0.25) is 9.59 Å². The van der Waals surface area contributed by atoms with E-state index in [1.165, 1.54) is 205 Å². The molecule has 0 spiro atoms. The second kappa shape index (κ2) is 53.8. The number of aliphatic carboxylic acids is 2. The van der Waals surface area contributed by atoms with Crippen molar-refractivity contribution in [3.05, 3.63) is 24.3 Å². The summed E-state index contributed by atoms with van der Waals surface area (Å²) in [6.45, 7) is 9.08. The lowest BCUT2D eigenvalue weighted by Gasteiger charge is -1.99. The van der Waals surface area contributed by atoms with Crippen molar-refractivity contribution in [2.24, 2.45) is 0 Å². The maximum atomic E-state index is 10.3. The third kappa shape index (κ3) is 63.5. The molecule has 0 amide bonds. The van der Waals surface area contributed by atoms with E-state index < -0.39 is 11.9 Å². The normalized spacial score (nSPS) is 11.1. The van der Waals surface area contributed by atoms with Crippen LogP contribution in [0.5, 0.6) is 0 Å². The molecule has 310 valence electrons. The van der Waals surface area contributed by atoms with Crippen LogP contribution in [0.3, 0.4) is 0 Å². The molecule has 0 fully saturated rings. The molecule has 0 heterocycles. The molecular formula is C48H94O4. The molecule has 4 nitrogen and oxygen atoms in total. The first-order chi connectivity index (χ1) is 25.5. The van der Waals surface area contributed by atoms with Crippen LogP contribution in [0.15, 0.2) is 24.3 Å². The molecule has 0 aromatic heterocycles. The summed E-state index contributed by atoms with van der Waals surface area (Å²) in [6.07, 6.45) is 56.9. The zero-order valence-corrected chi connectivity index (χ0v) is 35.9. The average molecular weight is 735 g/mol. The number of allylic oxidation sites excluding steroid dienone is 4. The number of carboxylic acid groups (broad SMARTS) is 2. The quantitative estimate of drug-likeness (QED) is 0.0487. The molecule has 0 unspecified atom stereocenters. The molecule has 2 N–H and O–H groups in total. The fraction of sp³-hybridized carbons (Fsp3) is 0.875. The molecule has 0 atom stereocenters. The third-order valence-electron chi connectivity index (χ3n) is 9.76. The van der Waals surface area contributed by atoms with Crippen LogP contribution in [-0.4, -0.2) is 22.2 Å². The molecule has 0 aliphatic carbocycles. The average Bonchev–Trinajstić information content (AvgIpc) is 3.13. The highest BCUT2D eigenvalue weighted by Crippen LogP contribution is 2.12. The number of hydrogen-bond acceptors (Lipinski definition) is 2. The zero-order valence-electron chi connectivity index (χ0n) is 35.9. The standard InChI is InChI=1S/2C18H34O2.C12H26/c2*1-2-3-4-5-6-7-8-9-10-11-12-13-14-15-16-17-18(19)20;1-3-5-7-9-11-12-10-8-6-4-2/h2*9-10H,2-8,11-17H2,1H3,(H,19,20);3-12H2,1-2H3/b2*10-9-;. The minimum atomic E-state index is -0.664. The highest BCUT2D eigenvalue weighted by Gasteiger charge is 1.97. The first-order valence-electron chi connectivity index (χ1n) is 23.2. The molecule has 0 aliphatic heterocycles. The van der Waals surface area contributed by atoms with Gasteiger partial charge in [-0.2, -0.15) is 0 Å². The molecule has 0 saturated carbocycles. The molecule has 0 aromatic carbocycles. The molecule has 52 heavy (non-hydrogen) atoms. The van der Waals surface area contributed by atoms with Crippen molar-refractivity contribution >= 4 is 11.9 Å². The topological polar surface area (TPSA) is 74.6 Å². The Kier molecular flexibility index (Phi) is 56.6. The summed E-state index contributed by atoms with van der Waals surface area (Å²) >= 11 is 0. The van der Waals surface area contributed by atoms with Gasteiger partial charge in [0, 0.05) is 12.8 Å². The van der Waals surface area contributed by atoms with E-state index in [-0.39, 0.29) is 0 Å². The highest BCUT2D eigenvalue weighted by molar-refractivity contribution is 5.66. The summed E-state index contributed by atoms with van der Waals surface area (Å²) in [7, 11) is 0. The predicted molar refractivity (Wildman–Crippen MR) is 232 cm³/mol. The molecule has 0 aromatic rings. The van der Waals surface area contributed by atoms with E-state index in [0.29, 0.717) is 12.8 Å². The summed E-state index contributed by atoms with van der Waals surface area (Å²) in [4.78, 5) is 20.6. The van der Waals surface area contributed by atoms with E-state index in [4.69, 9.17) is 10.2 Å². The van der Waals surface area contributed by atoms with Gasteiger partial charge in [-0.1, -0.05) is 219 Å². The fourth-order valence-electron chi connectivity index (χ4n) is 6.25. The lowest BCUT2D eigenvalue weighted by Crippen LogP contribution is -1.93. The summed E-state index contributed by atoms with van der Waals surface area (Å²) < 4.78 is 0. The van der Waals surface area contributed by atoms with Crippen LogP contribution in [0.1, 0.15) is 272 Å². The van der Waals surface area contributed by atoms with E-state index >= 15 is 0 Å². The Labute approximate surface area is 326 Å². The number of carbonyl (C=O) groups is 2.